The van der Waals surface area contributed by atoms with E-state index in [1.54, 1.807) is 0 Å². The molecule has 1 aliphatic heterocycles. The second kappa shape index (κ2) is 4.62. The van der Waals surface area contributed by atoms with Crippen molar-refractivity contribution in [3.63, 3.8) is 0 Å². The van der Waals surface area contributed by atoms with Crippen molar-refractivity contribution in [3.05, 3.63) is 28.5 Å². The van der Waals surface area contributed by atoms with Gasteiger partial charge in [0.05, 0.1) is 0 Å². The maximum Gasteiger partial charge on any atom is 0.0451 e. The van der Waals surface area contributed by atoms with Gasteiger partial charge in [0, 0.05) is 34.4 Å². The fraction of sp³-hybridized carbons (Fsp3) is 0.583. The Hall–Kier alpha value is -0.410. The molecule has 0 amide bonds. The van der Waals surface area contributed by atoms with Gasteiger partial charge in [-0.15, -0.1) is 0 Å². The summed E-state index contributed by atoms with van der Waals surface area (Å²) in [5.41, 5.74) is 1.22. The normalized spacial score (nSPS) is 30.7. The molecule has 0 radical (unpaired) electrons. The van der Waals surface area contributed by atoms with Gasteiger partial charge in [0.2, 0.25) is 0 Å². The highest BCUT2D eigenvalue weighted by Gasteiger charge is 2.31. The molecule has 0 aromatic carbocycles. The summed E-state index contributed by atoms with van der Waals surface area (Å²) < 4.78 is 1.05. The SMILES string of the molecule is CCC1NC(C)CC1c1ccc(Br)cn1. The van der Waals surface area contributed by atoms with E-state index in [0.29, 0.717) is 18.0 Å². The van der Waals surface area contributed by atoms with Crippen LogP contribution < -0.4 is 5.32 Å². The minimum atomic E-state index is 0.582. The molecular weight excluding hydrogens is 252 g/mol. The fourth-order valence-corrected chi connectivity index (χ4v) is 2.67. The quantitative estimate of drug-likeness (QED) is 0.892. The number of aromatic nitrogens is 1. The Morgan fingerprint density at radius 1 is 1.53 bits per heavy atom. The van der Waals surface area contributed by atoms with Gasteiger partial charge in [-0.3, -0.25) is 4.98 Å². The summed E-state index contributed by atoms with van der Waals surface area (Å²) in [5.74, 6) is 0.582. The van der Waals surface area contributed by atoms with E-state index in [9.17, 15) is 0 Å². The molecule has 1 saturated heterocycles. The lowest BCUT2D eigenvalue weighted by Crippen LogP contribution is -2.28. The van der Waals surface area contributed by atoms with Crippen LogP contribution in [0.15, 0.2) is 22.8 Å². The van der Waals surface area contributed by atoms with Gasteiger partial charge in [-0.25, -0.2) is 0 Å². The Morgan fingerprint density at radius 3 is 2.93 bits per heavy atom. The molecule has 0 spiro atoms. The Bertz CT molecular complexity index is 323. The van der Waals surface area contributed by atoms with Gasteiger partial charge in [0.15, 0.2) is 0 Å². The summed E-state index contributed by atoms with van der Waals surface area (Å²) in [6.07, 6.45) is 4.27. The van der Waals surface area contributed by atoms with Gasteiger partial charge in [-0.05, 0) is 47.8 Å². The first-order valence-electron chi connectivity index (χ1n) is 5.58. The van der Waals surface area contributed by atoms with E-state index >= 15 is 0 Å². The van der Waals surface area contributed by atoms with Gasteiger partial charge in [0.1, 0.15) is 0 Å². The number of hydrogen-bond donors (Lipinski definition) is 1. The molecular formula is C12H17BrN2. The van der Waals surface area contributed by atoms with E-state index in [1.807, 2.05) is 6.20 Å². The highest BCUT2D eigenvalue weighted by atomic mass is 79.9. The van der Waals surface area contributed by atoms with Crippen molar-refractivity contribution in [2.45, 2.75) is 44.7 Å². The number of hydrogen-bond acceptors (Lipinski definition) is 2. The molecule has 1 aliphatic rings. The monoisotopic (exact) mass is 268 g/mol. The first-order chi connectivity index (χ1) is 7.20. The fourth-order valence-electron chi connectivity index (χ4n) is 2.43. The molecule has 0 bridgehead atoms. The number of halogens is 1. The van der Waals surface area contributed by atoms with E-state index < -0.39 is 0 Å². The molecule has 3 unspecified atom stereocenters. The summed E-state index contributed by atoms with van der Waals surface area (Å²) in [6.45, 7) is 4.49. The molecule has 1 N–H and O–H groups in total. The summed E-state index contributed by atoms with van der Waals surface area (Å²) >= 11 is 3.42. The van der Waals surface area contributed by atoms with Gasteiger partial charge in [-0.1, -0.05) is 6.92 Å². The van der Waals surface area contributed by atoms with Crippen LogP contribution in [0.2, 0.25) is 0 Å². The van der Waals surface area contributed by atoms with Crippen molar-refractivity contribution < 1.29 is 0 Å². The van der Waals surface area contributed by atoms with Gasteiger partial charge in [-0.2, -0.15) is 0 Å². The van der Waals surface area contributed by atoms with Crippen molar-refractivity contribution in [1.82, 2.24) is 10.3 Å². The summed E-state index contributed by atoms with van der Waals surface area (Å²) in [5, 5.41) is 3.61. The molecule has 1 aromatic heterocycles. The number of nitrogens with zero attached hydrogens (tertiary/aromatic N) is 1. The lowest BCUT2D eigenvalue weighted by Gasteiger charge is -2.17. The predicted molar refractivity (Wildman–Crippen MR) is 66.0 cm³/mol. The smallest absolute Gasteiger partial charge is 0.0451 e. The lowest BCUT2D eigenvalue weighted by atomic mass is 9.93. The first-order valence-corrected chi connectivity index (χ1v) is 6.37. The van der Waals surface area contributed by atoms with Crippen molar-refractivity contribution in [2.75, 3.05) is 0 Å². The molecule has 3 heteroatoms. The summed E-state index contributed by atoms with van der Waals surface area (Å²) in [4.78, 5) is 4.51. The third-order valence-corrected chi connectivity index (χ3v) is 3.63. The summed E-state index contributed by atoms with van der Waals surface area (Å²) in [7, 11) is 0. The standard InChI is InChI=1S/C12H17BrN2/c1-3-11-10(6-8(2)15-11)12-5-4-9(13)7-14-12/h4-5,7-8,10-11,15H,3,6H2,1-2H3. The van der Waals surface area contributed by atoms with Gasteiger partial charge in [0.25, 0.3) is 0 Å². The Morgan fingerprint density at radius 2 is 2.33 bits per heavy atom. The minimum absolute atomic E-state index is 0.582. The molecule has 1 fully saturated rings. The maximum absolute atomic E-state index is 4.51. The van der Waals surface area contributed by atoms with Crippen LogP contribution in [0.25, 0.3) is 0 Å². The first kappa shape index (κ1) is 11.1. The van der Waals surface area contributed by atoms with E-state index in [2.05, 4.69) is 52.2 Å². The molecule has 15 heavy (non-hydrogen) atoms. The van der Waals surface area contributed by atoms with Crippen LogP contribution in [0.1, 0.15) is 38.3 Å². The van der Waals surface area contributed by atoms with E-state index in [-0.39, 0.29) is 0 Å². The van der Waals surface area contributed by atoms with Crippen molar-refractivity contribution in [3.8, 4) is 0 Å². The number of nitrogens with one attached hydrogen (secondary N) is 1. The van der Waals surface area contributed by atoms with Crippen LogP contribution in [0.5, 0.6) is 0 Å². The third-order valence-electron chi connectivity index (χ3n) is 3.16. The second-order valence-corrected chi connectivity index (χ2v) is 5.24. The molecule has 0 saturated carbocycles. The second-order valence-electron chi connectivity index (χ2n) is 4.33. The average Bonchev–Trinajstić information content (AvgIpc) is 2.61. The van der Waals surface area contributed by atoms with Crippen LogP contribution >= 0.6 is 15.9 Å². The van der Waals surface area contributed by atoms with Crippen LogP contribution in [-0.2, 0) is 0 Å². The van der Waals surface area contributed by atoms with Crippen molar-refractivity contribution in [2.24, 2.45) is 0 Å². The zero-order chi connectivity index (χ0) is 10.8. The molecule has 2 rings (SSSR count). The summed E-state index contributed by atoms with van der Waals surface area (Å²) in [6, 6.07) is 5.42. The maximum atomic E-state index is 4.51. The van der Waals surface area contributed by atoms with E-state index in [4.69, 9.17) is 0 Å². The van der Waals surface area contributed by atoms with Crippen LogP contribution in [0.4, 0.5) is 0 Å². The number of rotatable bonds is 2. The van der Waals surface area contributed by atoms with E-state index in [0.717, 1.165) is 4.47 Å². The van der Waals surface area contributed by atoms with Crippen LogP contribution in [0, 0.1) is 0 Å². The largest absolute Gasteiger partial charge is 0.311 e. The average molecular weight is 269 g/mol. The molecule has 1 aromatic rings. The Balaban J connectivity index is 2.19. The van der Waals surface area contributed by atoms with Crippen molar-refractivity contribution in [1.29, 1.82) is 0 Å². The van der Waals surface area contributed by atoms with Gasteiger partial charge >= 0.3 is 0 Å². The molecule has 0 aliphatic carbocycles. The van der Waals surface area contributed by atoms with Gasteiger partial charge < -0.3 is 5.32 Å². The van der Waals surface area contributed by atoms with Crippen molar-refractivity contribution >= 4 is 15.9 Å². The highest BCUT2D eigenvalue weighted by Crippen LogP contribution is 2.31. The topological polar surface area (TPSA) is 24.9 Å². The Labute approximate surface area is 99.6 Å². The molecule has 2 heterocycles. The molecule has 82 valence electrons. The minimum Gasteiger partial charge on any atom is -0.311 e. The zero-order valence-corrected chi connectivity index (χ0v) is 10.8. The highest BCUT2D eigenvalue weighted by molar-refractivity contribution is 9.10. The predicted octanol–water partition coefficient (Wildman–Crippen LogP) is 3.09. The third kappa shape index (κ3) is 2.40. The van der Waals surface area contributed by atoms with Crippen LogP contribution in [0.3, 0.4) is 0 Å². The molecule has 3 atom stereocenters. The number of pyridine rings is 1. The van der Waals surface area contributed by atoms with Crippen LogP contribution in [-0.4, -0.2) is 17.1 Å². The lowest BCUT2D eigenvalue weighted by molar-refractivity contribution is 0.511. The Kier molecular flexibility index (Phi) is 3.42. The van der Waals surface area contributed by atoms with E-state index in [1.165, 1.54) is 18.5 Å². The zero-order valence-electron chi connectivity index (χ0n) is 9.20. The molecule has 2 nitrogen and oxygen atoms in total.